The molecule has 3 aromatic rings. The van der Waals surface area contributed by atoms with Crippen LogP contribution in [0.2, 0.25) is 0 Å². The number of carbonyl (C=O) groups excluding carboxylic acids is 1. The number of pyridine rings is 1. The Morgan fingerprint density at radius 3 is 2.74 bits per heavy atom. The molecule has 1 aliphatic rings. The van der Waals surface area contributed by atoms with Crippen molar-refractivity contribution < 1.29 is 9.53 Å². The minimum atomic E-state index is 0. The van der Waals surface area contributed by atoms with Crippen molar-refractivity contribution in [3.63, 3.8) is 0 Å². The second kappa shape index (κ2) is 8.41. The number of piperazine rings is 1. The average Bonchev–Trinajstić information content (AvgIpc) is 3.11. The van der Waals surface area contributed by atoms with Crippen molar-refractivity contribution in [1.82, 2.24) is 19.6 Å². The number of hydrogen-bond donors (Lipinski definition) is 1. The SMILES string of the molecule is Cc1cccn2cc(COc3ccccc3C(=O)N3CCNCC3)nc12.Cl. The zero-order chi connectivity index (χ0) is 17.9. The molecule has 1 N–H and O–H groups in total. The van der Waals surface area contributed by atoms with E-state index in [0.29, 0.717) is 17.9 Å². The fourth-order valence-electron chi connectivity index (χ4n) is 3.23. The van der Waals surface area contributed by atoms with Crippen LogP contribution in [-0.2, 0) is 6.61 Å². The highest BCUT2D eigenvalue weighted by Crippen LogP contribution is 2.22. The van der Waals surface area contributed by atoms with E-state index < -0.39 is 0 Å². The molecule has 142 valence electrons. The second-order valence-electron chi connectivity index (χ2n) is 6.48. The van der Waals surface area contributed by atoms with Gasteiger partial charge >= 0.3 is 0 Å². The quantitative estimate of drug-likeness (QED) is 0.749. The summed E-state index contributed by atoms with van der Waals surface area (Å²) in [4.78, 5) is 19.3. The number of aryl methyl sites for hydroxylation is 1. The zero-order valence-corrected chi connectivity index (χ0v) is 16.0. The predicted octanol–water partition coefficient (Wildman–Crippen LogP) is 2.69. The van der Waals surface area contributed by atoms with E-state index in [4.69, 9.17) is 4.74 Å². The van der Waals surface area contributed by atoms with E-state index in [1.165, 1.54) is 0 Å². The molecule has 0 bridgehead atoms. The Kier molecular flexibility index (Phi) is 5.98. The van der Waals surface area contributed by atoms with Crippen molar-refractivity contribution in [2.45, 2.75) is 13.5 Å². The first-order chi connectivity index (χ1) is 12.7. The predicted molar refractivity (Wildman–Crippen MR) is 107 cm³/mol. The van der Waals surface area contributed by atoms with Crippen molar-refractivity contribution >= 4 is 24.0 Å². The van der Waals surface area contributed by atoms with Crippen molar-refractivity contribution in [3.05, 3.63) is 65.6 Å². The molecule has 0 saturated carbocycles. The van der Waals surface area contributed by atoms with Gasteiger partial charge in [0.15, 0.2) is 0 Å². The molecule has 1 aliphatic heterocycles. The molecule has 3 heterocycles. The number of fused-ring (bicyclic) bond motifs is 1. The van der Waals surface area contributed by atoms with Gasteiger partial charge in [0.25, 0.3) is 5.91 Å². The maximum Gasteiger partial charge on any atom is 0.257 e. The van der Waals surface area contributed by atoms with E-state index >= 15 is 0 Å². The van der Waals surface area contributed by atoms with Crippen LogP contribution in [0.1, 0.15) is 21.6 Å². The number of imidazole rings is 1. The first kappa shape index (κ1) is 19.2. The molecule has 1 amide bonds. The van der Waals surface area contributed by atoms with Gasteiger partial charge in [0, 0.05) is 38.6 Å². The number of rotatable bonds is 4. The van der Waals surface area contributed by atoms with E-state index in [9.17, 15) is 4.79 Å². The molecule has 6 nitrogen and oxygen atoms in total. The van der Waals surface area contributed by atoms with Gasteiger partial charge in [-0.25, -0.2) is 4.98 Å². The third-order valence-corrected chi connectivity index (χ3v) is 4.63. The summed E-state index contributed by atoms with van der Waals surface area (Å²) in [6.45, 7) is 5.46. The summed E-state index contributed by atoms with van der Waals surface area (Å²) in [5.41, 5.74) is 3.49. The van der Waals surface area contributed by atoms with Gasteiger partial charge in [0.1, 0.15) is 18.0 Å². The molecule has 2 aromatic heterocycles. The number of nitrogens with zero attached hydrogens (tertiary/aromatic N) is 3. The third kappa shape index (κ3) is 4.07. The first-order valence-corrected chi connectivity index (χ1v) is 8.87. The summed E-state index contributed by atoms with van der Waals surface area (Å²) in [5.74, 6) is 0.623. The number of nitrogens with one attached hydrogen (secondary N) is 1. The Bertz CT molecular complexity index is 935. The summed E-state index contributed by atoms with van der Waals surface area (Å²) < 4.78 is 7.96. The zero-order valence-electron chi connectivity index (χ0n) is 15.2. The topological polar surface area (TPSA) is 58.9 Å². The van der Waals surface area contributed by atoms with Gasteiger partial charge in [0.2, 0.25) is 0 Å². The summed E-state index contributed by atoms with van der Waals surface area (Å²) in [6.07, 6.45) is 3.93. The molecular formula is C20H23ClN4O2. The molecule has 27 heavy (non-hydrogen) atoms. The monoisotopic (exact) mass is 386 g/mol. The molecule has 0 spiro atoms. The van der Waals surface area contributed by atoms with Crippen molar-refractivity contribution in [2.24, 2.45) is 0 Å². The summed E-state index contributed by atoms with van der Waals surface area (Å²) in [7, 11) is 0. The minimum Gasteiger partial charge on any atom is -0.486 e. The van der Waals surface area contributed by atoms with E-state index in [1.807, 2.05) is 65.0 Å². The molecule has 1 fully saturated rings. The summed E-state index contributed by atoms with van der Waals surface area (Å²) >= 11 is 0. The Morgan fingerprint density at radius 2 is 1.96 bits per heavy atom. The molecular weight excluding hydrogens is 364 g/mol. The van der Waals surface area contributed by atoms with E-state index in [1.54, 1.807) is 0 Å². The number of ether oxygens (including phenoxy) is 1. The van der Waals surface area contributed by atoms with Gasteiger partial charge in [-0.05, 0) is 30.7 Å². The van der Waals surface area contributed by atoms with Crippen LogP contribution < -0.4 is 10.1 Å². The second-order valence-corrected chi connectivity index (χ2v) is 6.48. The van der Waals surface area contributed by atoms with Crippen LogP contribution in [0.15, 0.2) is 48.8 Å². The lowest BCUT2D eigenvalue weighted by Crippen LogP contribution is -2.46. The van der Waals surface area contributed by atoms with Crippen molar-refractivity contribution in [1.29, 1.82) is 0 Å². The molecule has 0 radical (unpaired) electrons. The smallest absolute Gasteiger partial charge is 0.257 e. The molecule has 0 unspecified atom stereocenters. The van der Waals surface area contributed by atoms with Crippen LogP contribution in [0.3, 0.4) is 0 Å². The number of para-hydroxylation sites is 1. The lowest BCUT2D eigenvalue weighted by molar-refractivity contribution is 0.0731. The van der Waals surface area contributed by atoms with Crippen molar-refractivity contribution in [2.75, 3.05) is 26.2 Å². The number of carbonyl (C=O) groups is 1. The molecule has 0 aliphatic carbocycles. The number of halogens is 1. The van der Waals surface area contributed by atoms with Crippen molar-refractivity contribution in [3.8, 4) is 5.75 Å². The van der Waals surface area contributed by atoms with E-state index in [2.05, 4.69) is 10.3 Å². The summed E-state index contributed by atoms with van der Waals surface area (Å²) in [5, 5.41) is 3.26. The van der Waals surface area contributed by atoms with Crippen LogP contribution >= 0.6 is 12.4 Å². The number of hydrogen-bond acceptors (Lipinski definition) is 4. The van der Waals surface area contributed by atoms with Crippen LogP contribution in [0.25, 0.3) is 5.65 Å². The van der Waals surface area contributed by atoms with Gasteiger partial charge in [-0.15, -0.1) is 12.4 Å². The number of aromatic nitrogens is 2. The van der Waals surface area contributed by atoms with Gasteiger partial charge in [-0.2, -0.15) is 0 Å². The van der Waals surface area contributed by atoms with Gasteiger partial charge in [-0.3, -0.25) is 4.79 Å². The maximum atomic E-state index is 12.8. The molecule has 1 saturated heterocycles. The van der Waals surface area contributed by atoms with Crippen LogP contribution in [0, 0.1) is 6.92 Å². The summed E-state index contributed by atoms with van der Waals surface area (Å²) in [6, 6.07) is 11.5. The lowest BCUT2D eigenvalue weighted by Gasteiger charge is -2.28. The molecule has 0 atom stereocenters. The normalized spacial score (nSPS) is 14.0. The fraction of sp³-hybridized carbons (Fsp3) is 0.300. The number of amides is 1. The highest BCUT2D eigenvalue weighted by atomic mass is 35.5. The van der Waals surface area contributed by atoms with Crippen LogP contribution in [0.4, 0.5) is 0 Å². The highest BCUT2D eigenvalue weighted by Gasteiger charge is 2.21. The van der Waals surface area contributed by atoms with Crippen LogP contribution in [-0.4, -0.2) is 46.4 Å². The Labute approximate surface area is 164 Å². The largest absolute Gasteiger partial charge is 0.486 e. The Morgan fingerprint density at radius 1 is 1.19 bits per heavy atom. The highest BCUT2D eigenvalue weighted by molar-refractivity contribution is 5.97. The van der Waals surface area contributed by atoms with E-state index in [-0.39, 0.29) is 18.3 Å². The fourth-order valence-corrected chi connectivity index (χ4v) is 3.23. The standard InChI is InChI=1S/C20H22N4O2.ClH/c1-15-5-4-10-24-13-16(22-19(15)24)14-26-18-7-3-2-6-17(18)20(25)23-11-8-21-9-12-23;/h2-7,10,13,21H,8-9,11-12,14H2,1H3;1H. The third-order valence-electron chi connectivity index (χ3n) is 4.63. The average molecular weight is 387 g/mol. The first-order valence-electron chi connectivity index (χ1n) is 8.87. The van der Waals surface area contributed by atoms with Gasteiger partial charge in [0.05, 0.1) is 11.3 Å². The Balaban J connectivity index is 0.00000210. The van der Waals surface area contributed by atoms with Gasteiger partial charge < -0.3 is 19.4 Å². The molecule has 4 rings (SSSR count). The minimum absolute atomic E-state index is 0. The molecule has 1 aromatic carbocycles. The van der Waals surface area contributed by atoms with Gasteiger partial charge in [-0.1, -0.05) is 18.2 Å². The molecule has 7 heteroatoms. The lowest BCUT2D eigenvalue weighted by atomic mass is 10.1. The van der Waals surface area contributed by atoms with Crippen LogP contribution in [0.5, 0.6) is 5.75 Å². The number of benzene rings is 1. The maximum absolute atomic E-state index is 12.8. The Hall–Kier alpha value is -2.57. The van der Waals surface area contributed by atoms with E-state index in [0.717, 1.165) is 43.1 Å².